The fourth-order valence-electron chi connectivity index (χ4n) is 12.2. The molecule has 0 radical (unpaired) electrons. The van der Waals surface area contributed by atoms with Gasteiger partial charge in [0, 0.05) is 21.9 Å². The highest BCUT2D eigenvalue weighted by molar-refractivity contribution is 7.20. The lowest BCUT2D eigenvalue weighted by molar-refractivity contribution is 0.954. The van der Waals surface area contributed by atoms with Crippen molar-refractivity contribution in [2.45, 2.75) is 0 Å². The smallest absolute Gasteiger partial charge is 0.238 e. The lowest BCUT2D eigenvalue weighted by Gasteiger charge is -2.34. The Hall–Kier alpha value is -9.60. The van der Waals surface area contributed by atoms with Gasteiger partial charge in [0.2, 0.25) is 5.95 Å². The molecule has 0 spiro atoms. The van der Waals surface area contributed by atoms with E-state index >= 15 is 0 Å². The van der Waals surface area contributed by atoms with Crippen LogP contribution in [0.15, 0.2) is 303 Å². The van der Waals surface area contributed by atoms with Crippen LogP contribution in [-0.4, -0.2) is 35.7 Å². The Balaban J connectivity index is 1.11. The van der Waals surface area contributed by atoms with Crippen molar-refractivity contribution in [3.05, 3.63) is 303 Å². The molecule has 12 aromatic carbocycles. The Morgan fingerprint density at radius 3 is 0.857 bits per heavy atom. The summed E-state index contributed by atoms with van der Waals surface area (Å²) in [6.45, 7) is 0. The van der Waals surface area contributed by atoms with Crippen molar-refractivity contribution in [2.24, 2.45) is 0 Å². The zero-order chi connectivity index (χ0) is 51.2. The minimum Gasteiger partial charge on any atom is -0.278 e. The summed E-state index contributed by atoms with van der Waals surface area (Å²) in [5.74, 6) is 1.78. The Morgan fingerprint density at radius 2 is 0.532 bits per heavy atom. The molecule has 14 rings (SSSR count). The van der Waals surface area contributed by atoms with Gasteiger partial charge in [0.1, 0.15) is 0 Å². The first-order chi connectivity index (χ1) is 38.2. The Bertz CT molecular complexity index is 3960. The molecule has 6 heteroatoms. The number of rotatable bonds is 11. The Labute approximate surface area is 450 Å². The largest absolute Gasteiger partial charge is 0.278 e. The SMILES string of the molecule is c1ccc([Si](c2ccccc2)(c2ccccc2)c2ccc3c(c2)c2cc([Si](c4ccccc4)(c4ccccc4)c4ccccc4)ccc2n3-c2nc(-c3ccc4ccccc4c3)nc(-c3ccc4ccccc4c3)n2)cc1. The van der Waals surface area contributed by atoms with Gasteiger partial charge in [-0.3, -0.25) is 4.57 Å². The van der Waals surface area contributed by atoms with E-state index in [1.807, 2.05) is 0 Å². The second-order valence-electron chi connectivity index (χ2n) is 19.9. The number of fused-ring (bicyclic) bond motifs is 5. The molecule has 0 aliphatic heterocycles. The first-order valence-corrected chi connectivity index (χ1v) is 30.3. The standard InChI is InChI=1S/C71H50N4Si2/c1-7-27-57(28-8-1)76(58-29-9-2-10-30-58,59-31-11-3-12-32-59)63-43-45-67-65(49-63)66-50-64(77(60-33-13-4-14-34-60,61-35-15-5-16-36-61)62-37-17-6-18-38-62)44-46-68(66)75(67)71-73-69(55-41-39-51-23-19-21-25-53(51)47-55)72-70(74-71)56-42-40-52-24-20-22-26-54(52)48-56/h1-50H. The molecule has 362 valence electrons. The summed E-state index contributed by atoms with van der Waals surface area (Å²) in [7, 11) is -5.95. The van der Waals surface area contributed by atoms with Crippen molar-refractivity contribution in [3.63, 3.8) is 0 Å². The average molecular weight is 1020 g/mol. The van der Waals surface area contributed by atoms with Crippen molar-refractivity contribution >= 4 is 101 Å². The van der Waals surface area contributed by atoms with Crippen molar-refractivity contribution in [1.29, 1.82) is 0 Å². The van der Waals surface area contributed by atoms with Crippen LogP contribution in [0, 0.1) is 0 Å². The maximum absolute atomic E-state index is 5.53. The van der Waals surface area contributed by atoms with E-state index in [2.05, 4.69) is 308 Å². The highest BCUT2D eigenvalue weighted by Crippen LogP contribution is 2.34. The van der Waals surface area contributed by atoms with Crippen LogP contribution in [0.3, 0.4) is 0 Å². The third kappa shape index (κ3) is 7.76. The Kier molecular flexibility index (Phi) is 11.5. The lowest BCUT2D eigenvalue weighted by Crippen LogP contribution is -2.74. The van der Waals surface area contributed by atoms with Crippen LogP contribution in [0.5, 0.6) is 0 Å². The van der Waals surface area contributed by atoms with Gasteiger partial charge in [-0.1, -0.05) is 279 Å². The predicted octanol–water partition coefficient (Wildman–Crippen LogP) is 11.4. The molecule has 77 heavy (non-hydrogen) atoms. The Morgan fingerprint density at radius 1 is 0.234 bits per heavy atom. The molecule has 0 aliphatic rings. The van der Waals surface area contributed by atoms with Gasteiger partial charge in [0.25, 0.3) is 0 Å². The van der Waals surface area contributed by atoms with E-state index in [9.17, 15) is 0 Å². The van der Waals surface area contributed by atoms with Crippen molar-refractivity contribution in [2.75, 3.05) is 0 Å². The first kappa shape index (κ1) is 46.0. The van der Waals surface area contributed by atoms with E-state index in [0.29, 0.717) is 17.6 Å². The fraction of sp³-hybridized carbons (Fsp3) is 0. The summed E-state index contributed by atoms with van der Waals surface area (Å²) in [5, 5.41) is 17.4. The summed E-state index contributed by atoms with van der Waals surface area (Å²) in [4.78, 5) is 16.4. The van der Waals surface area contributed by atoms with Crippen LogP contribution >= 0.6 is 0 Å². The van der Waals surface area contributed by atoms with E-state index in [0.717, 1.165) is 54.5 Å². The van der Waals surface area contributed by atoms with Gasteiger partial charge in [-0.15, -0.1) is 0 Å². The topological polar surface area (TPSA) is 43.6 Å². The van der Waals surface area contributed by atoms with Crippen LogP contribution < -0.4 is 41.5 Å². The molecule has 0 N–H and O–H groups in total. The predicted molar refractivity (Wildman–Crippen MR) is 327 cm³/mol. The molecule has 0 unspecified atom stereocenters. The van der Waals surface area contributed by atoms with Crippen LogP contribution in [0.2, 0.25) is 0 Å². The summed E-state index contributed by atoms with van der Waals surface area (Å²) in [6.07, 6.45) is 0. The number of benzene rings is 12. The van der Waals surface area contributed by atoms with Gasteiger partial charge in [-0.2, -0.15) is 9.97 Å². The van der Waals surface area contributed by atoms with Gasteiger partial charge < -0.3 is 0 Å². The second-order valence-corrected chi connectivity index (χ2v) is 27.5. The minimum absolute atomic E-state index is 0.558. The van der Waals surface area contributed by atoms with Gasteiger partial charge in [-0.05, 0) is 87.3 Å². The lowest BCUT2D eigenvalue weighted by atomic mass is 10.1. The first-order valence-electron chi connectivity index (χ1n) is 26.3. The third-order valence-corrected chi connectivity index (χ3v) is 25.3. The molecule has 0 saturated carbocycles. The van der Waals surface area contributed by atoms with E-state index in [4.69, 9.17) is 15.0 Å². The zero-order valence-electron chi connectivity index (χ0n) is 42.2. The number of aromatic nitrogens is 4. The van der Waals surface area contributed by atoms with Gasteiger partial charge in [0.15, 0.2) is 27.8 Å². The molecule has 0 amide bonds. The summed E-state index contributed by atoms with van der Waals surface area (Å²) in [6, 6.07) is 112. The molecule has 0 saturated heterocycles. The molecule has 14 aromatic rings. The quantitative estimate of drug-likeness (QED) is 0.0958. The highest BCUT2D eigenvalue weighted by atomic mass is 28.3. The molecule has 2 aromatic heterocycles. The molecule has 0 bridgehead atoms. The molecular weight excluding hydrogens is 965 g/mol. The molecular formula is C71H50N4Si2. The summed E-state index contributed by atoms with van der Waals surface area (Å²) < 4.78 is 2.29. The van der Waals surface area contributed by atoms with E-state index in [1.54, 1.807) is 0 Å². The van der Waals surface area contributed by atoms with E-state index in [1.165, 1.54) is 41.5 Å². The number of hydrogen-bond acceptors (Lipinski definition) is 3. The molecule has 0 aliphatic carbocycles. The van der Waals surface area contributed by atoms with Crippen LogP contribution in [-0.2, 0) is 0 Å². The molecule has 0 fully saturated rings. The monoisotopic (exact) mass is 1010 g/mol. The van der Waals surface area contributed by atoms with Crippen LogP contribution in [0.25, 0.3) is 72.1 Å². The summed E-state index contributed by atoms with van der Waals surface area (Å²) in [5.41, 5.74) is 3.89. The minimum atomic E-state index is -2.98. The zero-order valence-corrected chi connectivity index (χ0v) is 44.2. The van der Waals surface area contributed by atoms with Gasteiger partial charge in [0.05, 0.1) is 11.0 Å². The van der Waals surface area contributed by atoms with Crippen LogP contribution in [0.4, 0.5) is 0 Å². The van der Waals surface area contributed by atoms with Crippen molar-refractivity contribution < 1.29 is 0 Å². The number of hydrogen-bond donors (Lipinski definition) is 0. The molecule has 4 nitrogen and oxygen atoms in total. The number of nitrogens with zero attached hydrogens (tertiary/aromatic N) is 4. The van der Waals surface area contributed by atoms with Crippen LogP contribution in [0.1, 0.15) is 0 Å². The highest BCUT2D eigenvalue weighted by Gasteiger charge is 2.43. The fourth-order valence-corrected chi connectivity index (χ4v) is 21.8. The maximum atomic E-state index is 5.53. The maximum Gasteiger partial charge on any atom is 0.238 e. The summed E-state index contributed by atoms with van der Waals surface area (Å²) >= 11 is 0. The van der Waals surface area contributed by atoms with Gasteiger partial charge in [-0.25, -0.2) is 4.98 Å². The van der Waals surface area contributed by atoms with E-state index in [-0.39, 0.29) is 0 Å². The molecule has 2 heterocycles. The van der Waals surface area contributed by atoms with Crippen molar-refractivity contribution in [3.8, 4) is 28.7 Å². The van der Waals surface area contributed by atoms with E-state index < -0.39 is 16.1 Å². The van der Waals surface area contributed by atoms with Crippen molar-refractivity contribution in [1.82, 2.24) is 19.5 Å². The average Bonchev–Trinajstić information content (AvgIpc) is 3.96. The normalized spacial score (nSPS) is 11.9. The second kappa shape index (κ2) is 19.3. The van der Waals surface area contributed by atoms with Gasteiger partial charge >= 0.3 is 0 Å². The molecule has 0 atom stereocenters. The third-order valence-electron chi connectivity index (χ3n) is 15.7.